The summed E-state index contributed by atoms with van der Waals surface area (Å²) in [6, 6.07) is 1.53. The Labute approximate surface area is 119 Å². The van der Waals surface area contributed by atoms with Crippen LogP contribution in [-0.2, 0) is 0 Å². The van der Waals surface area contributed by atoms with Crippen molar-refractivity contribution in [3.05, 3.63) is 32.7 Å². The van der Waals surface area contributed by atoms with Gasteiger partial charge in [0.2, 0.25) is 0 Å². The maximum atomic E-state index is 11.7. The number of H-pyrrole nitrogens is 1. The normalized spacial score (nSPS) is 15.7. The van der Waals surface area contributed by atoms with Gasteiger partial charge in [-0.1, -0.05) is 0 Å². The minimum absolute atomic E-state index is 0. The van der Waals surface area contributed by atoms with Crippen LogP contribution in [0.3, 0.4) is 0 Å². The first-order chi connectivity index (χ1) is 8.08. The lowest BCUT2D eigenvalue weighted by atomic mass is 10.2. The Morgan fingerprint density at radius 2 is 2.28 bits per heavy atom. The number of hydrogen-bond acceptors (Lipinski definition) is 3. The zero-order valence-electron chi connectivity index (χ0n) is 9.61. The van der Waals surface area contributed by atoms with Crippen LogP contribution in [0.25, 0.3) is 0 Å². The molecule has 5 nitrogen and oxygen atoms in total. The second-order valence-electron chi connectivity index (χ2n) is 4.28. The molecule has 2 rings (SSSR count). The van der Waals surface area contributed by atoms with Crippen LogP contribution in [0, 0.1) is 5.92 Å². The zero-order chi connectivity index (χ0) is 12.4. The van der Waals surface area contributed by atoms with Gasteiger partial charge in [-0.25, -0.2) is 0 Å². The first-order valence-corrected chi connectivity index (χ1v) is 6.29. The van der Waals surface area contributed by atoms with Crippen LogP contribution in [0.1, 0.15) is 23.2 Å². The minimum atomic E-state index is -0.253. The van der Waals surface area contributed by atoms with Crippen molar-refractivity contribution in [3.63, 3.8) is 0 Å². The van der Waals surface area contributed by atoms with Crippen molar-refractivity contribution in [2.45, 2.75) is 18.9 Å². The largest absolute Gasteiger partial charge is 0.350 e. The van der Waals surface area contributed by atoms with E-state index >= 15 is 0 Å². The molecular weight excluding hydrogens is 321 g/mol. The van der Waals surface area contributed by atoms with E-state index in [0.717, 1.165) is 12.8 Å². The highest BCUT2D eigenvalue weighted by atomic mass is 79.9. The molecule has 1 fully saturated rings. The van der Waals surface area contributed by atoms with Gasteiger partial charge in [0.25, 0.3) is 11.5 Å². The maximum absolute atomic E-state index is 11.7. The molecule has 1 aromatic heterocycles. The molecule has 100 valence electrons. The second-order valence-corrected chi connectivity index (χ2v) is 5.13. The Bertz CT molecular complexity index is 487. The lowest BCUT2D eigenvalue weighted by Crippen LogP contribution is -2.38. The molecule has 1 aliphatic carbocycles. The summed E-state index contributed by atoms with van der Waals surface area (Å²) in [5, 5.41) is 2.76. The summed E-state index contributed by atoms with van der Waals surface area (Å²) in [5.74, 6) is 0.329. The highest BCUT2D eigenvalue weighted by Crippen LogP contribution is 2.31. The van der Waals surface area contributed by atoms with Gasteiger partial charge >= 0.3 is 0 Å². The van der Waals surface area contributed by atoms with Crippen molar-refractivity contribution in [3.8, 4) is 0 Å². The number of aromatic nitrogens is 1. The summed E-state index contributed by atoms with van der Waals surface area (Å²) < 4.78 is 0.344. The summed E-state index contributed by atoms with van der Waals surface area (Å²) in [6.45, 7) is 0.472. The number of amides is 1. The van der Waals surface area contributed by atoms with Gasteiger partial charge in [-0.05, 0) is 40.8 Å². The first kappa shape index (κ1) is 15.2. The van der Waals surface area contributed by atoms with Gasteiger partial charge in [0, 0.05) is 18.8 Å². The number of carbonyl (C=O) groups is 1. The summed E-state index contributed by atoms with van der Waals surface area (Å²) in [7, 11) is 0. The molecule has 4 N–H and O–H groups in total. The third-order valence-electron chi connectivity index (χ3n) is 2.85. The molecule has 0 saturated heterocycles. The van der Waals surface area contributed by atoms with Crippen molar-refractivity contribution in [2.24, 2.45) is 11.7 Å². The van der Waals surface area contributed by atoms with Gasteiger partial charge in [-0.2, -0.15) is 0 Å². The van der Waals surface area contributed by atoms with Crippen LogP contribution < -0.4 is 16.6 Å². The van der Waals surface area contributed by atoms with Crippen LogP contribution in [0.5, 0.6) is 0 Å². The van der Waals surface area contributed by atoms with Crippen molar-refractivity contribution < 1.29 is 4.79 Å². The van der Waals surface area contributed by atoms with Crippen LogP contribution >= 0.6 is 28.3 Å². The standard InChI is InChI=1S/C11H14BrN3O2.ClH/c12-8-3-7(4-14-11(8)17)10(16)15-5-9(13)6-1-2-6;/h3-4,6,9H,1-2,5,13H2,(H,14,17)(H,15,16);1H. The molecule has 0 bridgehead atoms. The summed E-state index contributed by atoms with van der Waals surface area (Å²) in [4.78, 5) is 25.3. The number of nitrogens with two attached hydrogens (primary N) is 1. The zero-order valence-corrected chi connectivity index (χ0v) is 12.0. The molecule has 1 heterocycles. The smallest absolute Gasteiger partial charge is 0.262 e. The fourth-order valence-electron chi connectivity index (χ4n) is 1.59. The van der Waals surface area contributed by atoms with E-state index in [-0.39, 0.29) is 29.9 Å². The van der Waals surface area contributed by atoms with E-state index in [2.05, 4.69) is 26.2 Å². The average molecular weight is 337 g/mol. The van der Waals surface area contributed by atoms with E-state index in [4.69, 9.17) is 5.73 Å². The van der Waals surface area contributed by atoms with Gasteiger partial charge in [-0.3, -0.25) is 9.59 Å². The first-order valence-electron chi connectivity index (χ1n) is 5.50. The SMILES string of the molecule is Cl.NC(CNC(=O)c1c[nH]c(=O)c(Br)c1)C1CC1. The van der Waals surface area contributed by atoms with E-state index < -0.39 is 0 Å². The Balaban J connectivity index is 0.00000162. The van der Waals surface area contributed by atoms with Crippen molar-refractivity contribution in [1.82, 2.24) is 10.3 Å². The number of rotatable bonds is 4. The Morgan fingerprint density at radius 1 is 1.61 bits per heavy atom. The van der Waals surface area contributed by atoms with Crippen molar-refractivity contribution in [1.29, 1.82) is 0 Å². The number of aromatic amines is 1. The number of halogens is 2. The second kappa shape index (κ2) is 6.36. The van der Waals surface area contributed by atoms with E-state index in [1.54, 1.807) is 0 Å². The quantitative estimate of drug-likeness (QED) is 0.767. The van der Waals surface area contributed by atoms with E-state index in [1.165, 1.54) is 12.3 Å². The van der Waals surface area contributed by atoms with Crippen molar-refractivity contribution >= 4 is 34.2 Å². The number of hydrogen-bond donors (Lipinski definition) is 3. The summed E-state index contributed by atoms with van der Waals surface area (Å²) in [6.07, 6.45) is 3.70. The predicted octanol–water partition coefficient (Wildman–Crippen LogP) is 1.03. The highest BCUT2D eigenvalue weighted by Gasteiger charge is 2.28. The molecular formula is C11H15BrClN3O2. The number of carbonyl (C=O) groups excluding carboxylic acids is 1. The Kier molecular flexibility index (Phi) is 5.37. The Hall–Kier alpha value is -0.850. The third-order valence-corrected chi connectivity index (χ3v) is 3.43. The molecule has 1 aliphatic rings. The predicted molar refractivity (Wildman–Crippen MR) is 75.0 cm³/mol. The van der Waals surface area contributed by atoms with Crippen molar-refractivity contribution in [2.75, 3.05) is 6.54 Å². The van der Waals surface area contributed by atoms with Gasteiger partial charge < -0.3 is 16.0 Å². The van der Waals surface area contributed by atoms with E-state index in [1.807, 2.05) is 0 Å². The third kappa shape index (κ3) is 3.83. The number of nitrogens with one attached hydrogen (secondary N) is 2. The van der Waals surface area contributed by atoms with Crippen LogP contribution in [0.2, 0.25) is 0 Å². The van der Waals surface area contributed by atoms with Gasteiger partial charge in [0.1, 0.15) is 0 Å². The lowest BCUT2D eigenvalue weighted by molar-refractivity contribution is 0.0950. The molecule has 0 radical (unpaired) electrons. The molecule has 0 aliphatic heterocycles. The fraction of sp³-hybridized carbons (Fsp3) is 0.455. The lowest BCUT2D eigenvalue weighted by Gasteiger charge is -2.11. The molecule has 0 aromatic carbocycles. The van der Waals surface area contributed by atoms with Crippen LogP contribution in [0.15, 0.2) is 21.5 Å². The average Bonchev–Trinajstić information content (AvgIpc) is 3.13. The van der Waals surface area contributed by atoms with Crippen LogP contribution in [-0.4, -0.2) is 23.5 Å². The molecule has 1 amide bonds. The molecule has 1 saturated carbocycles. The molecule has 0 spiro atoms. The number of pyridine rings is 1. The van der Waals surface area contributed by atoms with Crippen LogP contribution in [0.4, 0.5) is 0 Å². The van der Waals surface area contributed by atoms with E-state index in [9.17, 15) is 9.59 Å². The van der Waals surface area contributed by atoms with Gasteiger partial charge in [0.05, 0.1) is 10.0 Å². The van der Waals surface area contributed by atoms with E-state index in [0.29, 0.717) is 22.5 Å². The maximum Gasteiger partial charge on any atom is 0.262 e. The molecule has 1 unspecified atom stereocenters. The Morgan fingerprint density at radius 3 is 2.83 bits per heavy atom. The van der Waals surface area contributed by atoms with Gasteiger partial charge in [-0.15, -0.1) is 12.4 Å². The summed E-state index contributed by atoms with van der Waals surface area (Å²) >= 11 is 3.08. The molecule has 7 heteroatoms. The molecule has 1 atom stereocenters. The minimum Gasteiger partial charge on any atom is -0.350 e. The van der Waals surface area contributed by atoms with Gasteiger partial charge in [0.15, 0.2) is 0 Å². The topological polar surface area (TPSA) is 88.0 Å². The molecule has 1 aromatic rings. The fourth-order valence-corrected chi connectivity index (χ4v) is 1.95. The summed E-state index contributed by atoms with van der Waals surface area (Å²) in [5.41, 5.74) is 6.04. The highest BCUT2D eigenvalue weighted by molar-refractivity contribution is 9.10. The monoisotopic (exact) mass is 335 g/mol. The molecule has 18 heavy (non-hydrogen) atoms.